The van der Waals surface area contributed by atoms with Gasteiger partial charge in [0, 0.05) is 30.8 Å². The van der Waals surface area contributed by atoms with Crippen molar-refractivity contribution in [2.45, 2.75) is 25.8 Å². The van der Waals surface area contributed by atoms with Crippen molar-refractivity contribution in [2.24, 2.45) is 0 Å². The van der Waals surface area contributed by atoms with E-state index in [0.717, 1.165) is 12.1 Å². The van der Waals surface area contributed by atoms with E-state index in [0.29, 0.717) is 37.4 Å². The Hall–Kier alpha value is -3.07. The van der Waals surface area contributed by atoms with Crippen LogP contribution >= 0.6 is 0 Å². The number of furan rings is 1. The average molecular weight is 337 g/mol. The summed E-state index contributed by atoms with van der Waals surface area (Å²) in [7, 11) is 0. The Morgan fingerprint density at radius 2 is 2.20 bits per heavy atom. The van der Waals surface area contributed by atoms with Crippen LogP contribution in [-0.4, -0.2) is 29.8 Å². The van der Waals surface area contributed by atoms with Crippen molar-refractivity contribution in [1.29, 1.82) is 5.26 Å². The summed E-state index contributed by atoms with van der Waals surface area (Å²) in [6.07, 6.45) is 3.19. The smallest absolute Gasteiger partial charge is 0.254 e. The van der Waals surface area contributed by atoms with Crippen LogP contribution in [0.1, 0.15) is 35.4 Å². The molecule has 128 valence electrons. The molecule has 0 unspecified atom stereocenters. The third-order valence-corrected chi connectivity index (χ3v) is 4.19. The Morgan fingerprint density at radius 3 is 2.88 bits per heavy atom. The van der Waals surface area contributed by atoms with Gasteiger partial charge >= 0.3 is 0 Å². The fourth-order valence-corrected chi connectivity index (χ4v) is 2.94. The predicted molar refractivity (Wildman–Crippen MR) is 91.7 cm³/mol. The Bertz CT molecular complexity index is 792. The minimum Gasteiger partial charge on any atom is -0.467 e. The number of carbonyl (C=O) groups is 2. The molecule has 0 spiro atoms. The van der Waals surface area contributed by atoms with Gasteiger partial charge in [0.05, 0.1) is 25.3 Å². The minimum atomic E-state index is -0.180. The molecule has 0 atom stereocenters. The molecule has 2 amide bonds. The maximum atomic E-state index is 12.9. The van der Waals surface area contributed by atoms with E-state index in [4.69, 9.17) is 9.68 Å². The van der Waals surface area contributed by atoms with E-state index in [9.17, 15) is 9.59 Å². The largest absolute Gasteiger partial charge is 0.467 e. The summed E-state index contributed by atoms with van der Waals surface area (Å²) in [6, 6.07) is 12.7. The van der Waals surface area contributed by atoms with E-state index < -0.39 is 0 Å². The van der Waals surface area contributed by atoms with Gasteiger partial charge in [0.2, 0.25) is 5.91 Å². The summed E-state index contributed by atoms with van der Waals surface area (Å²) in [6.45, 7) is 1.31. The molecule has 0 bridgehead atoms. The van der Waals surface area contributed by atoms with E-state index in [2.05, 4.69) is 6.07 Å². The van der Waals surface area contributed by atoms with Gasteiger partial charge in [-0.2, -0.15) is 5.26 Å². The first kappa shape index (κ1) is 16.8. The van der Waals surface area contributed by atoms with Crippen molar-refractivity contribution in [3.63, 3.8) is 0 Å². The lowest BCUT2D eigenvalue weighted by molar-refractivity contribution is -0.117. The molecule has 1 saturated heterocycles. The highest BCUT2D eigenvalue weighted by Gasteiger charge is 2.23. The zero-order chi connectivity index (χ0) is 17.6. The van der Waals surface area contributed by atoms with Gasteiger partial charge in [0.1, 0.15) is 5.76 Å². The zero-order valence-corrected chi connectivity index (χ0v) is 13.9. The van der Waals surface area contributed by atoms with Crippen molar-refractivity contribution >= 4 is 17.5 Å². The van der Waals surface area contributed by atoms with Crippen LogP contribution in [0.2, 0.25) is 0 Å². The number of nitriles is 1. The molecule has 2 heterocycles. The lowest BCUT2D eigenvalue weighted by Gasteiger charge is -2.22. The van der Waals surface area contributed by atoms with Crippen molar-refractivity contribution < 1.29 is 14.0 Å². The molecule has 2 aromatic rings. The average Bonchev–Trinajstić information content (AvgIpc) is 3.29. The number of nitrogens with zero attached hydrogens (tertiary/aromatic N) is 3. The summed E-state index contributed by atoms with van der Waals surface area (Å²) in [4.78, 5) is 28.1. The number of hydrogen-bond acceptors (Lipinski definition) is 4. The van der Waals surface area contributed by atoms with E-state index in [1.165, 1.54) is 0 Å². The van der Waals surface area contributed by atoms with Crippen molar-refractivity contribution in [3.8, 4) is 6.07 Å². The van der Waals surface area contributed by atoms with E-state index >= 15 is 0 Å². The first-order chi connectivity index (χ1) is 12.2. The number of hydrogen-bond donors (Lipinski definition) is 0. The van der Waals surface area contributed by atoms with Gasteiger partial charge in [0.15, 0.2) is 0 Å². The van der Waals surface area contributed by atoms with Crippen LogP contribution in [0.25, 0.3) is 0 Å². The van der Waals surface area contributed by atoms with Gasteiger partial charge in [-0.15, -0.1) is 0 Å². The second kappa shape index (κ2) is 7.67. The standard InChI is InChI=1S/C19H19N3O3/c20-9-4-10-21(14-17-7-3-12-25-17)19(24)15-5-1-6-16(13-15)22-11-2-8-18(22)23/h1,3,5-7,12-13H,2,4,8,10-11,14H2. The van der Waals surface area contributed by atoms with Crippen LogP contribution in [0.15, 0.2) is 47.1 Å². The summed E-state index contributed by atoms with van der Waals surface area (Å²) in [5.74, 6) is 0.568. The van der Waals surface area contributed by atoms with Crippen LogP contribution < -0.4 is 4.90 Å². The summed E-state index contributed by atoms with van der Waals surface area (Å²) < 4.78 is 5.32. The molecule has 0 radical (unpaired) electrons. The number of anilines is 1. The molecule has 1 aliphatic rings. The molecular weight excluding hydrogens is 318 g/mol. The first-order valence-corrected chi connectivity index (χ1v) is 8.28. The van der Waals surface area contributed by atoms with E-state index in [1.807, 2.05) is 6.07 Å². The highest BCUT2D eigenvalue weighted by atomic mass is 16.3. The molecule has 6 heteroatoms. The Morgan fingerprint density at radius 1 is 1.32 bits per heavy atom. The van der Waals surface area contributed by atoms with Gasteiger partial charge in [-0.25, -0.2) is 0 Å². The SMILES string of the molecule is N#CCCN(Cc1ccco1)C(=O)c1cccc(N2CCCC2=O)c1. The molecule has 1 aliphatic heterocycles. The number of amides is 2. The predicted octanol–water partition coefficient (Wildman–Crippen LogP) is 2.96. The summed E-state index contributed by atoms with van der Waals surface area (Å²) >= 11 is 0. The Labute approximate surface area is 146 Å². The van der Waals surface area contributed by atoms with Gasteiger partial charge < -0.3 is 14.2 Å². The van der Waals surface area contributed by atoms with E-state index in [1.54, 1.807) is 46.4 Å². The molecule has 0 saturated carbocycles. The third-order valence-electron chi connectivity index (χ3n) is 4.19. The number of benzene rings is 1. The molecule has 1 aromatic carbocycles. The van der Waals surface area contributed by atoms with Crippen molar-refractivity contribution in [2.75, 3.05) is 18.0 Å². The fourth-order valence-electron chi connectivity index (χ4n) is 2.94. The highest BCUT2D eigenvalue weighted by Crippen LogP contribution is 2.23. The highest BCUT2D eigenvalue weighted by molar-refractivity contribution is 5.99. The van der Waals surface area contributed by atoms with Gasteiger partial charge in [0.25, 0.3) is 5.91 Å². The molecular formula is C19H19N3O3. The Kier molecular flexibility index (Phi) is 5.14. The minimum absolute atomic E-state index is 0.0847. The second-order valence-electron chi connectivity index (χ2n) is 5.91. The molecule has 0 aliphatic carbocycles. The molecule has 25 heavy (non-hydrogen) atoms. The van der Waals surface area contributed by atoms with Crippen molar-refractivity contribution in [3.05, 3.63) is 54.0 Å². The molecule has 1 aromatic heterocycles. The van der Waals surface area contributed by atoms with Crippen LogP contribution in [-0.2, 0) is 11.3 Å². The lowest BCUT2D eigenvalue weighted by atomic mass is 10.1. The van der Waals surface area contributed by atoms with Crippen molar-refractivity contribution in [1.82, 2.24) is 4.90 Å². The molecule has 6 nitrogen and oxygen atoms in total. The molecule has 3 rings (SSSR count). The summed E-state index contributed by atoms with van der Waals surface area (Å²) in [5, 5.41) is 8.85. The first-order valence-electron chi connectivity index (χ1n) is 8.28. The van der Waals surface area contributed by atoms with E-state index in [-0.39, 0.29) is 18.2 Å². The second-order valence-corrected chi connectivity index (χ2v) is 5.91. The Balaban J connectivity index is 1.81. The molecule has 0 N–H and O–H groups in total. The summed E-state index contributed by atoms with van der Waals surface area (Å²) in [5.41, 5.74) is 1.24. The van der Waals surface area contributed by atoms with Gasteiger partial charge in [-0.1, -0.05) is 6.07 Å². The molecule has 1 fully saturated rings. The van der Waals surface area contributed by atoms with Crippen LogP contribution in [0.5, 0.6) is 0 Å². The quantitative estimate of drug-likeness (QED) is 0.812. The maximum Gasteiger partial charge on any atom is 0.254 e. The maximum absolute atomic E-state index is 12.9. The number of rotatable bonds is 6. The van der Waals surface area contributed by atoms with Gasteiger partial charge in [-0.3, -0.25) is 9.59 Å². The number of carbonyl (C=O) groups excluding carboxylic acids is 2. The lowest BCUT2D eigenvalue weighted by Crippen LogP contribution is -2.31. The van der Waals surface area contributed by atoms with Crippen LogP contribution in [0, 0.1) is 11.3 Å². The zero-order valence-electron chi connectivity index (χ0n) is 13.9. The fraction of sp³-hybridized carbons (Fsp3) is 0.316. The normalized spacial score (nSPS) is 13.7. The van der Waals surface area contributed by atoms with Gasteiger partial charge in [-0.05, 0) is 36.8 Å². The van der Waals surface area contributed by atoms with Crippen LogP contribution in [0.4, 0.5) is 5.69 Å². The third kappa shape index (κ3) is 3.89. The van der Waals surface area contributed by atoms with Crippen LogP contribution in [0.3, 0.4) is 0 Å². The topological polar surface area (TPSA) is 77.6 Å². The monoisotopic (exact) mass is 337 g/mol.